The lowest BCUT2D eigenvalue weighted by Crippen LogP contribution is -2.20. The van der Waals surface area contributed by atoms with Crippen LogP contribution in [0.15, 0.2) is 29.8 Å². The molecule has 4 heteroatoms. The van der Waals surface area contributed by atoms with Crippen molar-refractivity contribution in [1.29, 1.82) is 0 Å². The molecule has 0 fully saturated rings. The smallest absolute Gasteiger partial charge is 0.114 e. The Bertz CT molecular complexity index is 171. The highest BCUT2D eigenvalue weighted by atomic mass is 15.5. The molecule has 3 N–H and O–H groups in total. The van der Waals surface area contributed by atoms with Crippen molar-refractivity contribution in [3.8, 4) is 0 Å². The first kappa shape index (κ1) is 9.55. The van der Waals surface area contributed by atoms with E-state index in [0.29, 0.717) is 0 Å². The van der Waals surface area contributed by atoms with Crippen molar-refractivity contribution in [2.24, 2.45) is 10.8 Å². The van der Waals surface area contributed by atoms with Gasteiger partial charge in [-0.05, 0) is 12.3 Å². The number of nitrogens with one attached hydrogen (secondary N) is 1. The van der Waals surface area contributed by atoms with E-state index < -0.39 is 0 Å². The average molecular weight is 154 g/mol. The first-order valence-corrected chi connectivity index (χ1v) is 3.23. The van der Waals surface area contributed by atoms with Crippen LogP contribution in [0.2, 0.25) is 0 Å². The molecule has 0 aromatic rings. The Morgan fingerprint density at radius 2 is 2.36 bits per heavy atom. The zero-order valence-electron chi connectivity index (χ0n) is 6.91. The van der Waals surface area contributed by atoms with Gasteiger partial charge in [0, 0.05) is 20.3 Å². The summed E-state index contributed by atoms with van der Waals surface area (Å²) >= 11 is 0. The molecule has 0 heterocycles. The lowest BCUT2D eigenvalue weighted by Gasteiger charge is -2.13. The molecule has 0 spiro atoms. The molecule has 0 aliphatic carbocycles. The summed E-state index contributed by atoms with van der Waals surface area (Å²) < 4.78 is 0. The third kappa shape index (κ3) is 4.02. The molecule has 0 rings (SSSR count). The summed E-state index contributed by atoms with van der Waals surface area (Å²) in [5.74, 6) is 0.728. The molecule has 0 atom stereocenters. The fourth-order valence-corrected chi connectivity index (χ4v) is 0.420. The Morgan fingerprint density at radius 3 is 2.82 bits per heavy atom. The van der Waals surface area contributed by atoms with Crippen molar-refractivity contribution in [2.75, 3.05) is 14.1 Å². The van der Waals surface area contributed by atoms with E-state index in [-0.39, 0.29) is 0 Å². The minimum Gasteiger partial charge on any atom is -0.405 e. The molecule has 4 nitrogen and oxygen atoms in total. The molecule has 62 valence electrons. The van der Waals surface area contributed by atoms with E-state index in [9.17, 15) is 0 Å². The average Bonchev–Trinajstić information content (AvgIpc) is 2.03. The van der Waals surface area contributed by atoms with Crippen LogP contribution in [-0.2, 0) is 0 Å². The maximum atomic E-state index is 5.09. The van der Waals surface area contributed by atoms with E-state index >= 15 is 0 Å². The zero-order valence-corrected chi connectivity index (χ0v) is 6.91. The van der Waals surface area contributed by atoms with Gasteiger partial charge in [0.2, 0.25) is 0 Å². The summed E-state index contributed by atoms with van der Waals surface area (Å²) in [5.41, 5.74) is 5.09. The Balaban J connectivity index is 3.85. The summed E-state index contributed by atoms with van der Waals surface area (Å²) in [4.78, 5) is 0. The van der Waals surface area contributed by atoms with Crippen LogP contribution >= 0.6 is 0 Å². The Hall–Kier alpha value is -1.45. The van der Waals surface area contributed by atoms with Crippen LogP contribution in [0.5, 0.6) is 0 Å². The van der Waals surface area contributed by atoms with Crippen LogP contribution in [0, 0.1) is 0 Å². The third-order valence-electron chi connectivity index (χ3n) is 1.12. The zero-order chi connectivity index (χ0) is 8.69. The highest BCUT2D eigenvalue weighted by Gasteiger charge is 1.91. The Kier molecular flexibility index (Phi) is 4.64. The van der Waals surface area contributed by atoms with Gasteiger partial charge in [-0.25, -0.2) is 0 Å². The van der Waals surface area contributed by atoms with Gasteiger partial charge in [0.25, 0.3) is 0 Å². The molecule has 11 heavy (non-hydrogen) atoms. The number of nitrogens with zero attached hydrogens (tertiary/aromatic N) is 2. The first-order valence-electron chi connectivity index (χ1n) is 3.23. The number of nitrogens with two attached hydrogens (primary N) is 1. The number of hydrogen-bond donors (Lipinski definition) is 2. The largest absolute Gasteiger partial charge is 0.405 e. The molecule has 0 radical (unpaired) electrons. The predicted octanol–water partition coefficient (Wildman–Crippen LogP) is 0.0670. The molecular formula is C7H14N4. The van der Waals surface area contributed by atoms with Gasteiger partial charge in [-0.3, -0.25) is 5.01 Å². The first-order chi connectivity index (χ1) is 5.22. The van der Waals surface area contributed by atoms with E-state index in [4.69, 9.17) is 5.73 Å². The van der Waals surface area contributed by atoms with E-state index in [1.807, 2.05) is 0 Å². The molecule has 0 aliphatic rings. The van der Waals surface area contributed by atoms with Crippen molar-refractivity contribution in [1.82, 2.24) is 10.3 Å². The van der Waals surface area contributed by atoms with Crippen LogP contribution in [0.25, 0.3) is 0 Å². The summed E-state index contributed by atoms with van der Waals surface area (Å²) in [5, 5.41) is 8.43. The lowest BCUT2D eigenvalue weighted by molar-refractivity contribution is 0.422. The molecule has 0 bridgehead atoms. The van der Waals surface area contributed by atoms with Gasteiger partial charge in [-0.15, -0.1) is 0 Å². The van der Waals surface area contributed by atoms with Crippen LogP contribution in [0.3, 0.4) is 0 Å². The van der Waals surface area contributed by atoms with Crippen molar-refractivity contribution in [3.05, 3.63) is 24.7 Å². The van der Waals surface area contributed by atoms with Crippen LogP contribution in [-0.4, -0.2) is 25.3 Å². The predicted molar refractivity (Wildman–Crippen MR) is 47.8 cm³/mol. The third-order valence-corrected chi connectivity index (χ3v) is 1.12. The Morgan fingerprint density at radius 1 is 1.73 bits per heavy atom. The fraction of sp³-hybridized carbons (Fsp3) is 0.286. The summed E-state index contributed by atoms with van der Waals surface area (Å²) in [6.45, 7) is 3.70. The number of hydrogen-bond acceptors (Lipinski definition) is 4. The van der Waals surface area contributed by atoms with Crippen molar-refractivity contribution < 1.29 is 0 Å². The molecular weight excluding hydrogens is 140 g/mol. The lowest BCUT2D eigenvalue weighted by atomic mass is 10.7. The number of rotatable bonds is 4. The molecule has 0 saturated carbocycles. The van der Waals surface area contributed by atoms with E-state index in [1.54, 1.807) is 31.4 Å². The fourth-order valence-electron chi connectivity index (χ4n) is 0.420. The second-order valence-electron chi connectivity index (χ2n) is 1.87. The van der Waals surface area contributed by atoms with Gasteiger partial charge >= 0.3 is 0 Å². The maximum absolute atomic E-state index is 5.09. The van der Waals surface area contributed by atoms with Crippen LogP contribution in [0.1, 0.15) is 0 Å². The topological polar surface area (TPSA) is 53.6 Å². The van der Waals surface area contributed by atoms with E-state index in [0.717, 1.165) is 5.82 Å². The van der Waals surface area contributed by atoms with Crippen LogP contribution < -0.4 is 11.1 Å². The Labute approximate surface area is 67.1 Å². The second-order valence-corrected chi connectivity index (χ2v) is 1.87. The quantitative estimate of drug-likeness (QED) is 0.445. The normalized spacial score (nSPS) is 10.7. The van der Waals surface area contributed by atoms with Crippen molar-refractivity contribution >= 4 is 6.21 Å². The second kappa shape index (κ2) is 5.34. The van der Waals surface area contributed by atoms with Gasteiger partial charge in [0.05, 0.1) is 0 Å². The maximum Gasteiger partial charge on any atom is 0.114 e. The highest BCUT2D eigenvalue weighted by molar-refractivity contribution is 5.70. The van der Waals surface area contributed by atoms with E-state index in [1.165, 1.54) is 6.20 Å². The molecule has 0 aromatic heterocycles. The van der Waals surface area contributed by atoms with Crippen molar-refractivity contribution in [2.45, 2.75) is 0 Å². The van der Waals surface area contributed by atoms with Gasteiger partial charge < -0.3 is 11.1 Å². The van der Waals surface area contributed by atoms with Gasteiger partial charge in [-0.1, -0.05) is 6.58 Å². The van der Waals surface area contributed by atoms with Gasteiger partial charge in [-0.2, -0.15) is 5.10 Å². The summed E-state index contributed by atoms with van der Waals surface area (Å²) in [6, 6.07) is 0. The number of hydrazone groups is 1. The summed E-state index contributed by atoms with van der Waals surface area (Å²) in [7, 11) is 3.58. The minimum absolute atomic E-state index is 0.728. The number of allylic oxidation sites excluding steroid dienone is 1. The van der Waals surface area contributed by atoms with Crippen LogP contribution in [0.4, 0.5) is 0 Å². The summed E-state index contributed by atoms with van der Waals surface area (Å²) in [6.07, 6.45) is 4.64. The minimum atomic E-state index is 0.728. The molecule has 0 unspecified atom stereocenters. The highest BCUT2D eigenvalue weighted by Crippen LogP contribution is 1.90. The van der Waals surface area contributed by atoms with Crippen molar-refractivity contribution in [3.63, 3.8) is 0 Å². The van der Waals surface area contributed by atoms with Gasteiger partial charge in [0.1, 0.15) is 5.82 Å². The standard InChI is InChI=1S/C7H14N4/c1-7(9-2)11(3)10-6-4-5-8/h4-6,9H,1,8H2,2-3H3. The molecule has 0 amide bonds. The monoisotopic (exact) mass is 154 g/mol. The molecule has 0 aromatic carbocycles. The molecule has 0 saturated heterocycles. The SMILES string of the molecule is C=C(NC)N(C)N=CC=CN. The van der Waals surface area contributed by atoms with E-state index in [2.05, 4.69) is 17.0 Å². The molecule has 0 aliphatic heterocycles. The van der Waals surface area contributed by atoms with Gasteiger partial charge in [0.15, 0.2) is 0 Å².